The lowest BCUT2D eigenvalue weighted by Gasteiger charge is -2.10. The number of halogens is 2. The number of anilines is 1. The zero-order valence-electron chi connectivity index (χ0n) is 13.5. The highest BCUT2D eigenvalue weighted by Crippen LogP contribution is 2.19. The molecule has 1 heterocycles. The molecule has 2 aromatic carbocycles. The van der Waals surface area contributed by atoms with Crippen LogP contribution in [-0.4, -0.2) is 10.6 Å². The number of nitrogens with one attached hydrogen (secondary N) is 1. The highest BCUT2D eigenvalue weighted by atomic mass is 35.5. The lowest BCUT2D eigenvalue weighted by atomic mass is 10.2. The number of amides is 1. The summed E-state index contributed by atoms with van der Waals surface area (Å²) in [5.74, 6) is -1.24. The molecule has 1 amide bonds. The third-order valence-corrected chi connectivity index (χ3v) is 3.84. The van der Waals surface area contributed by atoms with Crippen molar-refractivity contribution in [2.24, 2.45) is 0 Å². The van der Waals surface area contributed by atoms with E-state index < -0.39 is 17.3 Å². The molecule has 0 saturated carbocycles. The van der Waals surface area contributed by atoms with Crippen LogP contribution in [0.15, 0.2) is 71.7 Å². The largest absolute Gasteiger partial charge is 0.406 e. The maximum Gasteiger partial charge on any atom is 0.295 e. The van der Waals surface area contributed by atoms with Crippen molar-refractivity contribution in [1.82, 2.24) is 4.73 Å². The van der Waals surface area contributed by atoms with Gasteiger partial charge in [0.2, 0.25) is 0 Å². The summed E-state index contributed by atoms with van der Waals surface area (Å²) in [4.78, 5) is 30.2. The average Bonchev–Trinajstić information content (AvgIpc) is 2.64. The zero-order valence-corrected chi connectivity index (χ0v) is 14.2. The molecule has 26 heavy (non-hydrogen) atoms. The highest BCUT2D eigenvalue weighted by molar-refractivity contribution is 6.31. The summed E-state index contributed by atoms with van der Waals surface area (Å²) in [6.45, 7) is 0.180. The van der Waals surface area contributed by atoms with Crippen molar-refractivity contribution in [2.45, 2.75) is 6.61 Å². The van der Waals surface area contributed by atoms with Gasteiger partial charge in [0, 0.05) is 11.9 Å². The third-order valence-electron chi connectivity index (χ3n) is 3.55. The second-order valence-corrected chi connectivity index (χ2v) is 5.80. The van der Waals surface area contributed by atoms with E-state index >= 15 is 0 Å². The number of benzene rings is 2. The summed E-state index contributed by atoms with van der Waals surface area (Å²) >= 11 is 5.69. The van der Waals surface area contributed by atoms with E-state index in [4.69, 9.17) is 16.4 Å². The van der Waals surface area contributed by atoms with Crippen molar-refractivity contribution in [3.8, 4) is 0 Å². The Morgan fingerprint density at radius 1 is 1.12 bits per heavy atom. The Morgan fingerprint density at radius 3 is 2.62 bits per heavy atom. The highest BCUT2D eigenvalue weighted by Gasteiger charge is 2.14. The van der Waals surface area contributed by atoms with Crippen LogP contribution < -0.4 is 15.7 Å². The van der Waals surface area contributed by atoms with E-state index in [9.17, 15) is 14.0 Å². The Bertz CT molecular complexity index is 990. The van der Waals surface area contributed by atoms with Gasteiger partial charge < -0.3 is 10.2 Å². The van der Waals surface area contributed by atoms with Crippen molar-refractivity contribution in [3.05, 3.63) is 99.2 Å². The Balaban J connectivity index is 1.76. The summed E-state index contributed by atoms with van der Waals surface area (Å²) in [6, 6.07) is 16.0. The molecular weight excluding hydrogens is 359 g/mol. The molecule has 3 aromatic rings. The number of hydrogen-bond acceptors (Lipinski definition) is 3. The van der Waals surface area contributed by atoms with E-state index in [1.54, 1.807) is 0 Å². The van der Waals surface area contributed by atoms with Crippen molar-refractivity contribution in [1.29, 1.82) is 0 Å². The van der Waals surface area contributed by atoms with E-state index in [0.29, 0.717) is 0 Å². The lowest BCUT2D eigenvalue weighted by molar-refractivity contribution is 0.0863. The van der Waals surface area contributed by atoms with Crippen LogP contribution in [0, 0.1) is 5.82 Å². The van der Waals surface area contributed by atoms with E-state index in [1.807, 2.05) is 30.3 Å². The first-order chi connectivity index (χ1) is 12.5. The van der Waals surface area contributed by atoms with Gasteiger partial charge in [-0.25, -0.2) is 4.39 Å². The first kappa shape index (κ1) is 17.7. The normalized spacial score (nSPS) is 10.4. The summed E-state index contributed by atoms with van der Waals surface area (Å²) < 4.78 is 14.2. The topological polar surface area (TPSA) is 60.3 Å². The third kappa shape index (κ3) is 4.10. The van der Waals surface area contributed by atoms with Crippen molar-refractivity contribution in [3.63, 3.8) is 0 Å². The van der Waals surface area contributed by atoms with Gasteiger partial charge in [0.1, 0.15) is 18.0 Å². The molecule has 0 unspecified atom stereocenters. The van der Waals surface area contributed by atoms with Crippen LogP contribution in [0.5, 0.6) is 0 Å². The second-order valence-electron chi connectivity index (χ2n) is 5.39. The van der Waals surface area contributed by atoms with Gasteiger partial charge in [-0.1, -0.05) is 41.9 Å². The average molecular weight is 373 g/mol. The second kappa shape index (κ2) is 7.84. The maximum absolute atomic E-state index is 13.2. The first-order valence-corrected chi connectivity index (χ1v) is 8.07. The fourth-order valence-electron chi connectivity index (χ4n) is 2.24. The van der Waals surface area contributed by atoms with Gasteiger partial charge in [-0.2, -0.15) is 4.73 Å². The maximum atomic E-state index is 13.2. The zero-order chi connectivity index (χ0) is 18.5. The molecule has 5 nitrogen and oxygen atoms in total. The van der Waals surface area contributed by atoms with Crippen molar-refractivity contribution < 1.29 is 14.0 Å². The van der Waals surface area contributed by atoms with E-state index in [1.165, 1.54) is 30.5 Å². The van der Waals surface area contributed by atoms with Crippen molar-refractivity contribution >= 4 is 23.2 Å². The molecule has 0 bridgehead atoms. The summed E-state index contributed by atoms with van der Waals surface area (Å²) in [6.07, 6.45) is 1.43. The van der Waals surface area contributed by atoms with Gasteiger partial charge >= 0.3 is 0 Å². The Labute approximate surface area is 153 Å². The summed E-state index contributed by atoms with van der Waals surface area (Å²) in [5, 5.41) is 2.38. The number of hydrogen-bond donors (Lipinski definition) is 1. The fraction of sp³-hybridized carbons (Fsp3) is 0.0526. The minimum Gasteiger partial charge on any atom is -0.406 e. The number of carbonyl (C=O) groups is 1. The van der Waals surface area contributed by atoms with E-state index in [-0.39, 0.29) is 22.9 Å². The van der Waals surface area contributed by atoms with Gasteiger partial charge in [0.25, 0.3) is 11.5 Å². The molecule has 0 atom stereocenters. The van der Waals surface area contributed by atoms with Crippen LogP contribution in [0.25, 0.3) is 0 Å². The van der Waals surface area contributed by atoms with Gasteiger partial charge in [0.05, 0.1) is 5.02 Å². The standard InChI is InChI=1S/C19H14ClFN2O3/c20-16-11-14(8-9-17(16)21)22-18(24)15-7-4-10-23(19(15)25)26-12-13-5-2-1-3-6-13/h1-11H,12H2,(H,22,24). The predicted octanol–water partition coefficient (Wildman–Crippen LogP) is 3.52. The smallest absolute Gasteiger partial charge is 0.295 e. The molecule has 0 aliphatic heterocycles. The molecule has 3 rings (SSSR count). The molecular formula is C19H14ClFN2O3. The van der Waals surface area contributed by atoms with Crippen LogP contribution >= 0.6 is 11.6 Å². The molecule has 132 valence electrons. The Hall–Kier alpha value is -3.12. The van der Waals surface area contributed by atoms with Crippen LogP contribution in [-0.2, 0) is 6.61 Å². The van der Waals surface area contributed by atoms with Gasteiger partial charge in [-0.05, 0) is 35.9 Å². The molecule has 7 heteroatoms. The van der Waals surface area contributed by atoms with Crippen LogP contribution in [0.3, 0.4) is 0 Å². The molecule has 0 fully saturated rings. The van der Waals surface area contributed by atoms with Gasteiger partial charge in [0.15, 0.2) is 0 Å². The molecule has 0 aliphatic rings. The summed E-state index contributed by atoms with van der Waals surface area (Å²) in [5.41, 5.74) is 0.451. The SMILES string of the molecule is O=C(Nc1ccc(F)c(Cl)c1)c1cccn(OCc2ccccc2)c1=O. The lowest BCUT2D eigenvalue weighted by Crippen LogP contribution is -2.32. The Morgan fingerprint density at radius 2 is 1.88 bits per heavy atom. The number of nitrogens with zero attached hydrogens (tertiary/aromatic N) is 1. The van der Waals surface area contributed by atoms with Gasteiger partial charge in [-0.15, -0.1) is 0 Å². The molecule has 0 aliphatic carbocycles. The van der Waals surface area contributed by atoms with E-state index in [0.717, 1.165) is 16.4 Å². The van der Waals surface area contributed by atoms with Crippen LogP contribution in [0.1, 0.15) is 15.9 Å². The molecule has 1 N–H and O–H groups in total. The van der Waals surface area contributed by atoms with Crippen molar-refractivity contribution in [2.75, 3.05) is 5.32 Å². The number of aromatic nitrogens is 1. The fourth-order valence-corrected chi connectivity index (χ4v) is 2.42. The first-order valence-electron chi connectivity index (χ1n) is 7.70. The minimum absolute atomic E-state index is 0.110. The minimum atomic E-state index is -0.643. The molecule has 0 saturated heterocycles. The predicted molar refractivity (Wildman–Crippen MR) is 96.8 cm³/mol. The molecule has 0 spiro atoms. The summed E-state index contributed by atoms with van der Waals surface area (Å²) in [7, 11) is 0. The van der Waals surface area contributed by atoms with E-state index in [2.05, 4.69) is 5.32 Å². The van der Waals surface area contributed by atoms with Crippen LogP contribution in [0.4, 0.5) is 10.1 Å². The number of rotatable bonds is 5. The quantitative estimate of drug-likeness (QED) is 0.745. The van der Waals surface area contributed by atoms with Gasteiger partial charge in [-0.3, -0.25) is 9.59 Å². The number of pyridine rings is 1. The monoisotopic (exact) mass is 372 g/mol. The molecule has 1 aromatic heterocycles. The Kier molecular flexibility index (Phi) is 5.34. The van der Waals surface area contributed by atoms with Crippen LogP contribution in [0.2, 0.25) is 5.02 Å². The number of carbonyl (C=O) groups excluding carboxylic acids is 1. The molecule has 0 radical (unpaired) electrons.